The van der Waals surface area contributed by atoms with Crippen molar-refractivity contribution in [2.24, 2.45) is 0 Å². The van der Waals surface area contributed by atoms with E-state index in [4.69, 9.17) is 4.74 Å². The average molecular weight is 338 g/mol. The minimum atomic E-state index is -4.43. The molecule has 128 valence electrons. The lowest BCUT2D eigenvalue weighted by atomic mass is 10.0. The van der Waals surface area contributed by atoms with E-state index in [9.17, 15) is 18.3 Å². The minimum Gasteiger partial charge on any atom is -0.496 e. The summed E-state index contributed by atoms with van der Waals surface area (Å²) in [6, 6.07) is 8.62. The van der Waals surface area contributed by atoms with Gasteiger partial charge in [0.25, 0.3) is 0 Å². The van der Waals surface area contributed by atoms with Gasteiger partial charge in [0.15, 0.2) is 0 Å². The van der Waals surface area contributed by atoms with Crippen molar-refractivity contribution in [1.82, 2.24) is 4.98 Å². The van der Waals surface area contributed by atoms with E-state index < -0.39 is 23.9 Å². The molecule has 7 heteroatoms. The molecule has 0 spiro atoms. The summed E-state index contributed by atoms with van der Waals surface area (Å²) < 4.78 is 44.2. The molecule has 1 aliphatic heterocycles. The number of aliphatic hydroxyl groups excluding tert-OH is 1. The molecule has 2 aromatic rings. The quantitative estimate of drug-likeness (QED) is 0.931. The number of rotatable bonds is 3. The first-order chi connectivity index (χ1) is 11.4. The molecule has 24 heavy (non-hydrogen) atoms. The third kappa shape index (κ3) is 3.03. The van der Waals surface area contributed by atoms with Crippen LogP contribution < -0.4 is 9.64 Å². The number of hydrogen-bond acceptors (Lipinski definition) is 4. The number of nitrogens with zero attached hydrogens (tertiary/aromatic N) is 2. The number of ether oxygens (including phenoxy) is 1. The van der Waals surface area contributed by atoms with Gasteiger partial charge < -0.3 is 14.7 Å². The number of halogens is 3. The van der Waals surface area contributed by atoms with Gasteiger partial charge in [0.05, 0.1) is 24.8 Å². The Balaban J connectivity index is 2.01. The van der Waals surface area contributed by atoms with Crippen LogP contribution in [0.3, 0.4) is 0 Å². The third-order valence-corrected chi connectivity index (χ3v) is 4.19. The van der Waals surface area contributed by atoms with E-state index in [1.165, 1.54) is 7.11 Å². The third-order valence-electron chi connectivity index (χ3n) is 4.19. The fourth-order valence-electron chi connectivity index (χ4n) is 3.07. The largest absolute Gasteiger partial charge is 0.496 e. The van der Waals surface area contributed by atoms with Crippen LogP contribution in [0.1, 0.15) is 23.6 Å². The minimum absolute atomic E-state index is 0.192. The Labute approximate surface area is 137 Å². The average Bonchev–Trinajstić information content (AvgIpc) is 2.95. The number of alkyl halides is 3. The first kappa shape index (κ1) is 16.6. The van der Waals surface area contributed by atoms with E-state index in [-0.39, 0.29) is 5.82 Å². The van der Waals surface area contributed by atoms with Crippen molar-refractivity contribution in [2.45, 2.75) is 24.7 Å². The highest BCUT2D eigenvalue weighted by Gasteiger charge is 2.38. The van der Waals surface area contributed by atoms with Gasteiger partial charge in [-0.1, -0.05) is 18.2 Å². The number of pyridine rings is 1. The molecule has 1 aromatic carbocycles. The van der Waals surface area contributed by atoms with Crippen molar-refractivity contribution in [1.29, 1.82) is 0 Å². The first-order valence-electron chi connectivity index (χ1n) is 7.52. The second kappa shape index (κ2) is 6.32. The number of aromatic nitrogens is 1. The van der Waals surface area contributed by atoms with Crippen LogP contribution in [0.4, 0.5) is 19.0 Å². The molecule has 4 nitrogen and oxygen atoms in total. The highest BCUT2D eigenvalue weighted by molar-refractivity contribution is 5.50. The molecule has 1 fully saturated rings. The zero-order chi connectivity index (χ0) is 17.3. The molecule has 3 rings (SSSR count). The van der Waals surface area contributed by atoms with Crippen LogP contribution in [0.2, 0.25) is 0 Å². The molecule has 0 aliphatic carbocycles. The van der Waals surface area contributed by atoms with Crippen molar-refractivity contribution in [3.8, 4) is 5.75 Å². The summed E-state index contributed by atoms with van der Waals surface area (Å²) in [7, 11) is 1.52. The van der Waals surface area contributed by atoms with Crippen LogP contribution in [-0.4, -0.2) is 29.8 Å². The maximum atomic E-state index is 13.0. The SMILES string of the molecule is COc1ccccc1[C@@H]1[C@H](O)CCN1c1cc(C(F)(F)F)ccn1. The number of para-hydroxylation sites is 1. The predicted octanol–water partition coefficient (Wildman–Crippen LogP) is 3.42. The van der Waals surface area contributed by atoms with Crippen molar-refractivity contribution in [3.05, 3.63) is 53.7 Å². The molecule has 1 aromatic heterocycles. The van der Waals surface area contributed by atoms with Crippen molar-refractivity contribution in [3.63, 3.8) is 0 Å². The summed E-state index contributed by atoms with van der Waals surface area (Å²) >= 11 is 0. The van der Waals surface area contributed by atoms with E-state index in [1.54, 1.807) is 29.2 Å². The standard InChI is InChI=1S/C17H17F3N2O2/c1-24-14-5-3-2-4-12(14)16-13(23)7-9-22(16)15-10-11(6-8-21-15)17(18,19)20/h2-6,8,10,13,16,23H,7,9H2,1H3/t13-,16-/m1/s1. The number of aliphatic hydroxyl groups is 1. The maximum Gasteiger partial charge on any atom is 0.416 e. The van der Waals surface area contributed by atoms with Gasteiger partial charge in [-0.2, -0.15) is 13.2 Å². The van der Waals surface area contributed by atoms with E-state index in [2.05, 4.69) is 4.98 Å². The molecule has 0 bridgehead atoms. The smallest absolute Gasteiger partial charge is 0.416 e. The van der Waals surface area contributed by atoms with Gasteiger partial charge >= 0.3 is 6.18 Å². The molecule has 1 aliphatic rings. The van der Waals surface area contributed by atoms with Gasteiger partial charge in [0.2, 0.25) is 0 Å². The second-order valence-electron chi connectivity index (χ2n) is 5.64. The molecule has 2 heterocycles. The predicted molar refractivity (Wildman–Crippen MR) is 82.9 cm³/mol. The van der Waals surface area contributed by atoms with Crippen molar-refractivity contribution < 1.29 is 23.0 Å². The summed E-state index contributed by atoms with van der Waals surface area (Å²) in [6.07, 6.45) is -3.56. The Hall–Kier alpha value is -2.28. The molecular formula is C17H17F3N2O2. The van der Waals surface area contributed by atoms with Crippen LogP contribution >= 0.6 is 0 Å². The normalized spacial score (nSPS) is 21.1. The van der Waals surface area contributed by atoms with Crippen LogP contribution in [0.5, 0.6) is 5.75 Å². The molecule has 0 saturated carbocycles. The lowest BCUT2D eigenvalue weighted by molar-refractivity contribution is -0.137. The van der Waals surface area contributed by atoms with Crippen LogP contribution in [0.25, 0.3) is 0 Å². The fourth-order valence-corrected chi connectivity index (χ4v) is 3.07. The summed E-state index contributed by atoms with van der Waals surface area (Å²) in [5.41, 5.74) is -0.0307. The second-order valence-corrected chi connectivity index (χ2v) is 5.64. The molecule has 0 unspecified atom stereocenters. The van der Waals surface area contributed by atoms with E-state index in [0.717, 1.165) is 23.9 Å². The molecule has 1 saturated heterocycles. The molecule has 0 radical (unpaired) electrons. The zero-order valence-electron chi connectivity index (χ0n) is 13.0. The van der Waals surface area contributed by atoms with Crippen LogP contribution in [0.15, 0.2) is 42.6 Å². The Morgan fingerprint density at radius 1 is 1.25 bits per heavy atom. The molecule has 2 atom stereocenters. The van der Waals surface area contributed by atoms with E-state index >= 15 is 0 Å². The first-order valence-corrected chi connectivity index (χ1v) is 7.52. The zero-order valence-corrected chi connectivity index (χ0v) is 13.0. The monoisotopic (exact) mass is 338 g/mol. The van der Waals surface area contributed by atoms with Gasteiger partial charge in [-0.3, -0.25) is 0 Å². The van der Waals surface area contributed by atoms with E-state index in [1.807, 2.05) is 0 Å². The van der Waals surface area contributed by atoms with Gasteiger partial charge in [-0.25, -0.2) is 4.98 Å². The summed E-state index contributed by atoms with van der Waals surface area (Å²) in [5.74, 6) is 0.776. The Morgan fingerprint density at radius 2 is 2.00 bits per heavy atom. The molecular weight excluding hydrogens is 321 g/mol. The fraction of sp³-hybridized carbons (Fsp3) is 0.353. The topological polar surface area (TPSA) is 45.6 Å². The Kier molecular flexibility index (Phi) is 4.36. The lowest BCUT2D eigenvalue weighted by Crippen LogP contribution is -2.28. The van der Waals surface area contributed by atoms with E-state index in [0.29, 0.717) is 18.7 Å². The molecule has 0 amide bonds. The van der Waals surface area contributed by atoms with Crippen molar-refractivity contribution >= 4 is 5.82 Å². The Bertz CT molecular complexity index is 721. The number of benzene rings is 1. The summed E-state index contributed by atoms with van der Waals surface area (Å²) in [4.78, 5) is 5.77. The summed E-state index contributed by atoms with van der Waals surface area (Å²) in [6.45, 7) is 0.415. The number of anilines is 1. The number of hydrogen-bond donors (Lipinski definition) is 1. The van der Waals surface area contributed by atoms with Gasteiger partial charge in [-0.05, 0) is 24.6 Å². The number of methoxy groups -OCH3 is 1. The highest BCUT2D eigenvalue weighted by atomic mass is 19.4. The molecule has 1 N–H and O–H groups in total. The van der Waals surface area contributed by atoms with Crippen molar-refractivity contribution in [2.75, 3.05) is 18.6 Å². The Morgan fingerprint density at radius 3 is 2.71 bits per heavy atom. The maximum absolute atomic E-state index is 13.0. The van der Waals surface area contributed by atoms with Gasteiger partial charge in [0, 0.05) is 18.3 Å². The van der Waals surface area contributed by atoms with Gasteiger partial charge in [-0.15, -0.1) is 0 Å². The summed E-state index contributed by atoms with van der Waals surface area (Å²) in [5, 5.41) is 10.4. The van der Waals surface area contributed by atoms with Crippen LogP contribution in [-0.2, 0) is 6.18 Å². The lowest BCUT2D eigenvalue weighted by Gasteiger charge is -2.29. The van der Waals surface area contributed by atoms with Gasteiger partial charge in [0.1, 0.15) is 11.6 Å². The highest BCUT2D eigenvalue weighted by Crippen LogP contribution is 2.40. The van der Waals surface area contributed by atoms with Crippen LogP contribution in [0, 0.1) is 0 Å².